The first kappa shape index (κ1) is 20.3. The molecule has 154 valence electrons. The number of thiazole rings is 1. The molecule has 0 saturated heterocycles. The zero-order chi connectivity index (χ0) is 21.1. The van der Waals surface area contributed by atoms with E-state index in [9.17, 15) is 4.79 Å². The van der Waals surface area contributed by atoms with Gasteiger partial charge in [0.15, 0.2) is 5.13 Å². The average Bonchev–Trinajstić information content (AvgIpc) is 3.17. The molecule has 0 aliphatic heterocycles. The molecule has 5 nitrogen and oxygen atoms in total. The maximum atomic E-state index is 13.9. The molecule has 0 aliphatic rings. The SMILES string of the molecule is CCOc1ccc2ccccc2c1C(=O)N(CCN(C)C)c1nc2ccccc2s1. The van der Waals surface area contributed by atoms with Gasteiger partial charge in [0.25, 0.3) is 5.91 Å². The van der Waals surface area contributed by atoms with Crippen LogP contribution < -0.4 is 9.64 Å². The second-order valence-electron chi connectivity index (χ2n) is 7.32. The predicted molar refractivity (Wildman–Crippen MR) is 125 cm³/mol. The molecule has 0 saturated carbocycles. The van der Waals surface area contributed by atoms with Gasteiger partial charge in [-0.15, -0.1) is 0 Å². The Morgan fingerprint density at radius 1 is 1.00 bits per heavy atom. The number of amides is 1. The summed E-state index contributed by atoms with van der Waals surface area (Å²) in [5, 5.41) is 2.61. The Balaban J connectivity index is 1.84. The molecule has 1 heterocycles. The smallest absolute Gasteiger partial charge is 0.264 e. The average molecular weight is 420 g/mol. The van der Waals surface area contributed by atoms with Crippen LogP contribution in [0.3, 0.4) is 0 Å². The molecule has 0 bridgehead atoms. The highest BCUT2D eigenvalue weighted by Crippen LogP contribution is 2.34. The molecule has 30 heavy (non-hydrogen) atoms. The van der Waals surface area contributed by atoms with E-state index in [-0.39, 0.29) is 5.91 Å². The molecule has 0 unspecified atom stereocenters. The van der Waals surface area contributed by atoms with Gasteiger partial charge in [-0.2, -0.15) is 0 Å². The molecule has 0 N–H and O–H groups in total. The molecular formula is C24H25N3O2S. The molecule has 1 amide bonds. The number of aromatic nitrogens is 1. The molecule has 0 spiro atoms. The largest absolute Gasteiger partial charge is 0.493 e. The van der Waals surface area contributed by atoms with Gasteiger partial charge in [-0.05, 0) is 50.0 Å². The van der Waals surface area contributed by atoms with Gasteiger partial charge in [-0.25, -0.2) is 4.98 Å². The maximum Gasteiger partial charge on any atom is 0.264 e. The molecule has 0 atom stereocenters. The lowest BCUT2D eigenvalue weighted by Crippen LogP contribution is -2.37. The molecule has 0 aliphatic carbocycles. The van der Waals surface area contributed by atoms with Crippen molar-refractivity contribution in [1.29, 1.82) is 0 Å². The van der Waals surface area contributed by atoms with E-state index in [2.05, 4.69) is 4.90 Å². The summed E-state index contributed by atoms with van der Waals surface area (Å²) in [6.45, 7) is 3.70. The summed E-state index contributed by atoms with van der Waals surface area (Å²) in [4.78, 5) is 22.6. The number of likely N-dealkylation sites (N-methyl/N-ethyl adjacent to an activating group) is 1. The lowest BCUT2D eigenvalue weighted by atomic mass is 10.0. The first-order chi connectivity index (χ1) is 14.6. The van der Waals surface area contributed by atoms with Gasteiger partial charge in [-0.1, -0.05) is 53.8 Å². The van der Waals surface area contributed by atoms with E-state index in [1.54, 1.807) is 4.90 Å². The summed E-state index contributed by atoms with van der Waals surface area (Å²) in [5.41, 5.74) is 1.50. The first-order valence-corrected chi connectivity index (χ1v) is 10.9. The van der Waals surface area contributed by atoms with Crippen LogP contribution in [0.5, 0.6) is 5.75 Å². The number of rotatable bonds is 7. The van der Waals surface area contributed by atoms with Crippen LogP contribution in [0.2, 0.25) is 0 Å². The van der Waals surface area contributed by atoms with Gasteiger partial charge < -0.3 is 9.64 Å². The second kappa shape index (κ2) is 8.81. The van der Waals surface area contributed by atoms with Gasteiger partial charge in [-0.3, -0.25) is 9.69 Å². The number of ether oxygens (including phenoxy) is 1. The lowest BCUT2D eigenvalue weighted by Gasteiger charge is -2.24. The molecule has 6 heteroatoms. The van der Waals surface area contributed by atoms with E-state index in [1.165, 1.54) is 11.3 Å². The van der Waals surface area contributed by atoms with E-state index in [0.717, 1.165) is 27.5 Å². The first-order valence-electron chi connectivity index (χ1n) is 10.0. The number of carbonyl (C=O) groups is 1. The zero-order valence-corrected chi connectivity index (χ0v) is 18.3. The maximum absolute atomic E-state index is 13.9. The zero-order valence-electron chi connectivity index (χ0n) is 17.5. The minimum atomic E-state index is -0.0869. The van der Waals surface area contributed by atoms with Crippen molar-refractivity contribution in [1.82, 2.24) is 9.88 Å². The van der Waals surface area contributed by atoms with Crippen molar-refractivity contribution in [3.63, 3.8) is 0 Å². The Kier molecular flexibility index (Phi) is 5.97. The topological polar surface area (TPSA) is 45.7 Å². The summed E-state index contributed by atoms with van der Waals surface area (Å²) in [7, 11) is 4.01. The van der Waals surface area contributed by atoms with E-state index in [0.29, 0.717) is 29.6 Å². The van der Waals surface area contributed by atoms with Crippen LogP contribution in [0.1, 0.15) is 17.3 Å². The standard InChI is InChI=1S/C24H25N3O2S/c1-4-29-20-14-13-17-9-5-6-10-18(17)22(20)23(28)27(16-15-26(2)3)24-25-19-11-7-8-12-21(19)30-24/h5-14H,4,15-16H2,1-3H3. The highest BCUT2D eigenvalue weighted by Gasteiger charge is 2.26. The van der Waals surface area contributed by atoms with Gasteiger partial charge in [0.2, 0.25) is 0 Å². The van der Waals surface area contributed by atoms with Crippen molar-refractivity contribution in [3.8, 4) is 5.75 Å². The second-order valence-corrected chi connectivity index (χ2v) is 8.33. The summed E-state index contributed by atoms with van der Waals surface area (Å²) in [6, 6.07) is 19.8. The third kappa shape index (κ3) is 4.01. The molecule has 3 aromatic carbocycles. The number of hydrogen-bond donors (Lipinski definition) is 0. The molecule has 4 rings (SSSR count). The third-order valence-electron chi connectivity index (χ3n) is 4.93. The van der Waals surface area contributed by atoms with Crippen LogP contribution in [-0.2, 0) is 0 Å². The summed E-state index contributed by atoms with van der Waals surface area (Å²) >= 11 is 1.54. The highest BCUT2D eigenvalue weighted by atomic mass is 32.1. The van der Waals surface area contributed by atoms with Crippen molar-refractivity contribution in [2.45, 2.75) is 6.92 Å². The van der Waals surface area contributed by atoms with Crippen molar-refractivity contribution in [2.24, 2.45) is 0 Å². The molecular weight excluding hydrogens is 394 g/mol. The lowest BCUT2D eigenvalue weighted by molar-refractivity contribution is 0.0983. The van der Waals surface area contributed by atoms with Crippen LogP contribution in [0.4, 0.5) is 5.13 Å². The minimum Gasteiger partial charge on any atom is -0.493 e. The number of para-hydroxylation sites is 1. The Hall–Kier alpha value is -2.96. The third-order valence-corrected chi connectivity index (χ3v) is 5.99. The normalized spacial score (nSPS) is 11.3. The van der Waals surface area contributed by atoms with Crippen LogP contribution in [0, 0.1) is 0 Å². The summed E-state index contributed by atoms with van der Waals surface area (Å²) in [5.74, 6) is 0.522. The Morgan fingerprint density at radius 3 is 2.53 bits per heavy atom. The van der Waals surface area contributed by atoms with Crippen LogP contribution in [0.25, 0.3) is 21.0 Å². The quantitative estimate of drug-likeness (QED) is 0.420. The van der Waals surface area contributed by atoms with Gasteiger partial charge in [0, 0.05) is 13.1 Å². The van der Waals surface area contributed by atoms with Gasteiger partial charge in [0.05, 0.1) is 22.4 Å². The molecule has 0 fully saturated rings. The van der Waals surface area contributed by atoms with Crippen molar-refractivity contribution in [2.75, 3.05) is 38.7 Å². The fraction of sp³-hybridized carbons (Fsp3) is 0.250. The number of benzene rings is 3. The summed E-state index contributed by atoms with van der Waals surface area (Å²) in [6.07, 6.45) is 0. The van der Waals surface area contributed by atoms with E-state index >= 15 is 0 Å². The Bertz CT molecular complexity index is 1150. The van der Waals surface area contributed by atoms with Gasteiger partial charge >= 0.3 is 0 Å². The Labute approximate surface area is 180 Å². The molecule has 4 aromatic rings. The van der Waals surface area contributed by atoms with Gasteiger partial charge in [0.1, 0.15) is 5.75 Å². The van der Waals surface area contributed by atoms with E-state index in [1.807, 2.05) is 81.7 Å². The molecule has 1 aromatic heterocycles. The predicted octanol–water partition coefficient (Wildman–Crippen LogP) is 5.06. The number of fused-ring (bicyclic) bond motifs is 2. The fourth-order valence-corrected chi connectivity index (χ4v) is 4.43. The Morgan fingerprint density at radius 2 is 1.77 bits per heavy atom. The highest BCUT2D eigenvalue weighted by molar-refractivity contribution is 7.22. The number of hydrogen-bond acceptors (Lipinski definition) is 5. The number of anilines is 1. The fourth-order valence-electron chi connectivity index (χ4n) is 3.44. The van der Waals surface area contributed by atoms with Crippen molar-refractivity contribution >= 4 is 43.4 Å². The minimum absolute atomic E-state index is 0.0869. The summed E-state index contributed by atoms with van der Waals surface area (Å²) < 4.78 is 6.93. The molecule has 0 radical (unpaired) electrons. The van der Waals surface area contributed by atoms with Crippen LogP contribution in [0.15, 0.2) is 60.7 Å². The van der Waals surface area contributed by atoms with Crippen molar-refractivity contribution in [3.05, 3.63) is 66.2 Å². The van der Waals surface area contributed by atoms with Crippen LogP contribution >= 0.6 is 11.3 Å². The van der Waals surface area contributed by atoms with Crippen molar-refractivity contribution < 1.29 is 9.53 Å². The monoisotopic (exact) mass is 419 g/mol. The number of nitrogens with zero attached hydrogens (tertiary/aromatic N) is 3. The van der Waals surface area contributed by atoms with Crippen LogP contribution in [-0.4, -0.2) is 49.6 Å². The van der Waals surface area contributed by atoms with E-state index in [4.69, 9.17) is 9.72 Å². The van der Waals surface area contributed by atoms with E-state index < -0.39 is 0 Å². The number of carbonyl (C=O) groups excluding carboxylic acids is 1.